The van der Waals surface area contributed by atoms with Crippen LogP contribution < -0.4 is 5.32 Å². The summed E-state index contributed by atoms with van der Waals surface area (Å²) in [5.41, 5.74) is -1.39. The lowest BCUT2D eigenvalue weighted by molar-refractivity contribution is -0.206. The Bertz CT molecular complexity index is 532. The number of aliphatic hydroxyl groups excluding tert-OH is 1. The number of nitrogens with zero attached hydrogens (tertiary/aromatic N) is 1. The Morgan fingerprint density at radius 3 is 2.65 bits per heavy atom. The number of imide groups is 1. The first-order valence-electron chi connectivity index (χ1n) is 5.59. The van der Waals surface area contributed by atoms with E-state index in [2.05, 4.69) is 5.32 Å². The van der Waals surface area contributed by atoms with Gasteiger partial charge in [0.2, 0.25) is 0 Å². The zero-order valence-electron chi connectivity index (χ0n) is 10.3. The van der Waals surface area contributed by atoms with Crippen molar-refractivity contribution in [3.05, 3.63) is 22.4 Å². The summed E-state index contributed by atoms with van der Waals surface area (Å²) in [4.78, 5) is 24.7. The van der Waals surface area contributed by atoms with Gasteiger partial charge in [-0.25, -0.2) is 4.79 Å². The minimum absolute atomic E-state index is 0.387. The van der Waals surface area contributed by atoms with Crippen LogP contribution in [0.4, 0.5) is 18.0 Å². The molecule has 0 radical (unpaired) electrons. The molecule has 0 spiro atoms. The van der Waals surface area contributed by atoms with E-state index in [1.165, 1.54) is 18.3 Å². The third kappa shape index (κ3) is 2.38. The number of urea groups is 1. The number of aliphatic hydroxyl groups is 1. The maximum absolute atomic E-state index is 12.3. The predicted octanol–water partition coefficient (Wildman–Crippen LogP) is 1.44. The molecule has 1 aromatic rings. The molecular weight excluding hydrogens is 297 g/mol. The van der Waals surface area contributed by atoms with Crippen LogP contribution in [0, 0.1) is 0 Å². The van der Waals surface area contributed by atoms with E-state index < -0.39 is 36.3 Å². The maximum Gasteiger partial charge on any atom is 0.416 e. The SMILES string of the molecule is C[C@@]1(c2cccs2)NC(=O)N(C[C@H](O)C(F)(F)F)C1=O. The summed E-state index contributed by atoms with van der Waals surface area (Å²) in [7, 11) is 0. The second-order valence-corrected chi connectivity index (χ2v) is 5.45. The van der Waals surface area contributed by atoms with Crippen molar-refractivity contribution in [2.75, 3.05) is 6.54 Å². The molecule has 20 heavy (non-hydrogen) atoms. The van der Waals surface area contributed by atoms with Gasteiger partial charge in [0, 0.05) is 4.88 Å². The highest BCUT2D eigenvalue weighted by Gasteiger charge is 2.52. The Kier molecular flexibility index (Phi) is 3.51. The van der Waals surface area contributed by atoms with E-state index >= 15 is 0 Å². The minimum Gasteiger partial charge on any atom is -0.382 e. The lowest BCUT2D eigenvalue weighted by Gasteiger charge is -2.22. The van der Waals surface area contributed by atoms with E-state index in [-0.39, 0.29) is 0 Å². The smallest absolute Gasteiger partial charge is 0.382 e. The zero-order chi connectivity index (χ0) is 15.1. The monoisotopic (exact) mass is 308 g/mol. The zero-order valence-corrected chi connectivity index (χ0v) is 11.1. The molecule has 2 heterocycles. The molecule has 2 N–H and O–H groups in total. The second kappa shape index (κ2) is 4.74. The molecule has 0 aliphatic carbocycles. The first-order valence-corrected chi connectivity index (χ1v) is 6.47. The first kappa shape index (κ1) is 14.8. The number of nitrogens with one attached hydrogen (secondary N) is 1. The number of thiophene rings is 1. The van der Waals surface area contributed by atoms with E-state index in [1.54, 1.807) is 17.5 Å². The summed E-state index contributed by atoms with van der Waals surface area (Å²) < 4.78 is 36.9. The number of carbonyl (C=O) groups is 2. The minimum atomic E-state index is -4.89. The molecule has 3 amide bonds. The van der Waals surface area contributed by atoms with Crippen LogP contribution in [0.3, 0.4) is 0 Å². The van der Waals surface area contributed by atoms with Gasteiger partial charge in [-0.05, 0) is 18.4 Å². The van der Waals surface area contributed by atoms with Crippen molar-refractivity contribution in [2.24, 2.45) is 0 Å². The van der Waals surface area contributed by atoms with Gasteiger partial charge in [0.1, 0.15) is 0 Å². The van der Waals surface area contributed by atoms with Crippen molar-refractivity contribution >= 4 is 23.3 Å². The molecular formula is C11H11F3N2O3S. The predicted molar refractivity (Wildman–Crippen MR) is 64.0 cm³/mol. The fourth-order valence-electron chi connectivity index (χ4n) is 1.87. The van der Waals surface area contributed by atoms with E-state index in [9.17, 15) is 22.8 Å². The van der Waals surface area contributed by atoms with Crippen LogP contribution >= 0.6 is 11.3 Å². The van der Waals surface area contributed by atoms with Gasteiger partial charge in [0.15, 0.2) is 11.6 Å². The second-order valence-electron chi connectivity index (χ2n) is 4.51. The normalized spacial score (nSPS) is 24.9. The molecule has 1 aromatic heterocycles. The molecule has 1 fully saturated rings. The van der Waals surface area contributed by atoms with E-state index in [0.717, 1.165) is 0 Å². The van der Waals surface area contributed by atoms with Gasteiger partial charge in [0.05, 0.1) is 6.54 Å². The summed E-state index contributed by atoms with van der Waals surface area (Å²) >= 11 is 1.20. The number of β-amino-alcohol motifs (C(OH)–C–C–N with tert-alkyl or cyclic N) is 1. The van der Waals surface area contributed by atoms with Crippen molar-refractivity contribution in [1.82, 2.24) is 10.2 Å². The average Bonchev–Trinajstić information content (AvgIpc) is 2.92. The maximum atomic E-state index is 12.3. The summed E-state index contributed by atoms with van der Waals surface area (Å²) in [6.07, 6.45) is -7.65. The van der Waals surface area contributed by atoms with Crippen molar-refractivity contribution < 1.29 is 27.9 Å². The average molecular weight is 308 g/mol. The highest BCUT2D eigenvalue weighted by molar-refractivity contribution is 7.10. The standard InChI is InChI=1S/C11H11F3N2O3S/c1-10(7-3-2-4-20-7)8(18)16(9(19)15-10)5-6(17)11(12,13)14/h2-4,6,17H,5H2,1H3,(H,15,19)/t6-,10-/m0/s1. The van der Waals surface area contributed by atoms with Gasteiger partial charge < -0.3 is 10.4 Å². The largest absolute Gasteiger partial charge is 0.416 e. The Hall–Kier alpha value is -1.61. The van der Waals surface area contributed by atoms with Gasteiger partial charge in [-0.1, -0.05) is 6.07 Å². The molecule has 110 valence electrons. The molecule has 0 aromatic carbocycles. The quantitative estimate of drug-likeness (QED) is 0.830. The summed E-state index contributed by atoms with van der Waals surface area (Å²) in [5.74, 6) is -0.812. The van der Waals surface area contributed by atoms with Crippen molar-refractivity contribution in [3.8, 4) is 0 Å². The molecule has 2 rings (SSSR count). The number of rotatable bonds is 3. The van der Waals surface area contributed by atoms with E-state index in [0.29, 0.717) is 9.78 Å². The fourth-order valence-corrected chi connectivity index (χ4v) is 2.70. The number of amides is 3. The summed E-state index contributed by atoms with van der Waals surface area (Å²) in [6.45, 7) is 0.300. The number of halogens is 3. The molecule has 1 aliphatic rings. The van der Waals surface area contributed by atoms with Crippen LogP contribution in [0.15, 0.2) is 17.5 Å². The van der Waals surface area contributed by atoms with Crippen molar-refractivity contribution in [3.63, 3.8) is 0 Å². The van der Waals surface area contributed by atoms with Gasteiger partial charge in [-0.15, -0.1) is 11.3 Å². The number of hydrogen-bond donors (Lipinski definition) is 2. The van der Waals surface area contributed by atoms with Gasteiger partial charge in [0.25, 0.3) is 5.91 Å². The third-order valence-electron chi connectivity index (χ3n) is 3.02. The topological polar surface area (TPSA) is 69.6 Å². The lowest BCUT2D eigenvalue weighted by Crippen LogP contribution is -2.45. The van der Waals surface area contributed by atoms with E-state index in [4.69, 9.17) is 5.11 Å². The Labute approximate surface area is 116 Å². The highest BCUT2D eigenvalue weighted by Crippen LogP contribution is 2.32. The van der Waals surface area contributed by atoms with Crippen LogP contribution in [0.5, 0.6) is 0 Å². The molecule has 0 bridgehead atoms. The number of alkyl halides is 3. The van der Waals surface area contributed by atoms with Crippen LogP contribution in [0.1, 0.15) is 11.8 Å². The Morgan fingerprint density at radius 2 is 2.15 bits per heavy atom. The molecule has 9 heteroatoms. The van der Waals surface area contributed by atoms with Crippen LogP contribution in [0.25, 0.3) is 0 Å². The van der Waals surface area contributed by atoms with Crippen molar-refractivity contribution in [2.45, 2.75) is 24.7 Å². The molecule has 1 aliphatic heterocycles. The summed E-state index contributed by atoms with van der Waals surface area (Å²) in [5, 5.41) is 13.0. The number of hydrogen-bond acceptors (Lipinski definition) is 4. The van der Waals surface area contributed by atoms with Gasteiger partial charge in [-0.2, -0.15) is 13.2 Å². The molecule has 0 saturated carbocycles. The van der Waals surface area contributed by atoms with Gasteiger partial charge in [-0.3, -0.25) is 9.69 Å². The first-order chi connectivity index (χ1) is 9.16. The third-order valence-corrected chi connectivity index (χ3v) is 4.11. The Morgan fingerprint density at radius 1 is 1.50 bits per heavy atom. The van der Waals surface area contributed by atoms with Gasteiger partial charge >= 0.3 is 12.2 Å². The van der Waals surface area contributed by atoms with Crippen LogP contribution in [0.2, 0.25) is 0 Å². The van der Waals surface area contributed by atoms with Crippen molar-refractivity contribution in [1.29, 1.82) is 0 Å². The molecule has 5 nitrogen and oxygen atoms in total. The Balaban J connectivity index is 2.22. The fraction of sp³-hybridized carbons (Fsp3) is 0.455. The van der Waals surface area contributed by atoms with Crippen LogP contribution in [-0.2, 0) is 10.3 Å². The lowest BCUT2D eigenvalue weighted by atomic mass is 10.0. The van der Waals surface area contributed by atoms with Crippen LogP contribution in [-0.4, -0.2) is 40.8 Å². The molecule has 0 unspecified atom stereocenters. The summed E-state index contributed by atoms with van der Waals surface area (Å²) in [6, 6.07) is 2.32. The molecule has 2 atom stereocenters. The number of carbonyl (C=O) groups excluding carboxylic acids is 2. The van der Waals surface area contributed by atoms with E-state index in [1.807, 2.05) is 0 Å². The highest BCUT2D eigenvalue weighted by atomic mass is 32.1. The molecule has 1 saturated heterocycles.